The lowest BCUT2D eigenvalue weighted by Gasteiger charge is -2.07. The van der Waals surface area contributed by atoms with Gasteiger partial charge in [0.15, 0.2) is 5.58 Å². The van der Waals surface area contributed by atoms with E-state index in [-0.39, 0.29) is 30.1 Å². The Labute approximate surface area is 167 Å². The Hall–Kier alpha value is -2.69. The summed E-state index contributed by atoms with van der Waals surface area (Å²) in [6.45, 7) is 2.28. The van der Waals surface area contributed by atoms with Crippen molar-refractivity contribution in [2.45, 2.75) is 26.3 Å². The fraction of sp³-hybridized carbons (Fsp3) is 0.222. The van der Waals surface area contributed by atoms with Crippen LogP contribution in [-0.2, 0) is 11.3 Å². The number of fused-ring (bicyclic) bond motifs is 1. The highest BCUT2D eigenvalue weighted by atomic mass is 127. The van der Waals surface area contributed by atoms with Crippen LogP contribution in [0.4, 0.5) is 11.4 Å². The van der Waals surface area contributed by atoms with Crippen LogP contribution in [0, 0.1) is 20.6 Å². The molecule has 0 saturated heterocycles. The SMILES string of the molecule is Cc1ccc(NC(=O)CCCn2c(=O)oc3cc([N+](=O)[O-])ccc32)cc1I. The Morgan fingerprint density at radius 2 is 2.07 bits per heavy atom. The van der Waals surface area contributed by atoms with Gasteiger partial charge in [0.05, 0.1) is 16.5 Å². The molecule has 0 aliphatic rings. The Balaban J connectivity index is 1.64. The van der Waals surface area contributed by atoms with Crippen LogP contribution in [0.2, 0.25) is 0 Å². The number of anilines is 1. The van der Waals surface area contributed by atoms with Crippen LogP contribution in [0.1, 0.15) is 18.4 Å². The van der Waals surface area contributed by atoms with Crippen molar-refractivity contribution in [1.82, 2.24) is 4.57 Å². The number of carbonyl (C=O) groups excluding carboxylic acids is 1. The molecular weight excluding hydrogens is 465 g/mol. The molecule has 8 nitrogen and oxygen atoms in total. The standard InChI is InChI=1S/C18H16IN3O5/c1-11-4-5-12(9-14(11)19)20-17(23)3-2-8-21-15-7-6-13(22(25)26)10-16(15)27-18(21)24/h4-7,9-10H,2-3,8H2,1H3,(H,20,23). The van der Waals surface area contributed by atoms with Crippen molar-refractivity contribution in [3.63, 3.8) is 0 Å². The minimum absolute atomic E-state index is 0.143. The first-order valence-electron chi connectivity index (χ1n) is 8.19. The Morgan fingerprint density at radius 1 is 1.30 bits per heavy atom. The first-order valence-corrected chi connectivity index (χ1v) is 9.27. The number of aryl methyl sites for hydroxylation is 2. The van der Waals surface area contributed by atoms with Crippen molar-refractivity contribution in [2.24, 2.45) is 0 Å². The van der Waals surface area contributed by atoms with Crippen LogP contribution >= 0.6 is 22.6 Å². The maximum Gasteiger partial charge on any atom is 0.419 e. The molecule has 3 aromatic rings. The van der Waals surface area contributed by atoms with E-state index in [1.54, 1.807) is 0 Å². The molecule has 140 valence electrons. The van der Waals surface area contributed by atoms with Crippen molar-refractivity contribution in [3.05, 3.63) is 66.2 Å². The third kappa shape index (κ3) is 4.35. The highest BCUT2D eigenvalue weighted by Crippen LogP contribution is 2.21. The minimum Gasteiger partial charge on any atom is -0.407 e. The molecule has 0 atom stereocenters. The number of hydrogen-bond donors (Lipinski definition) is 1. The second-order valence-corrected chi connectivity index (χ2v) is 7.21. The molecule has 0 bridgehead atoms. The van der Waals surface area contributed by atoms with E-state index in [0.29, 0.717) is 11.9 Å². The summed E-state index contributed by atoms with van der Waals surface area (Å²) in [7, 11) is 0. The van der Waals surface area contributed by atoms with Crippen molar-refractivity contribution >= 4 is 51.0 Å². The lowest BCUT2D eigenvalue weighted by molar-refractivity contribution is -0.384. The maximum absolute atomic E-state index is 12.1. The number of aromatic nitrogens is 1. The average Bonchev–Trinajstić information content (AvgIpc) is 2.93. The van der Waals surface area contributed by atoms with Crippen LogP contribution in [0.5, 0.6) is 0 Å². The van der Waals surface area contributed by atoms with Crippen LogP contribution in [0.25, 0.3) is 11.1 Å². The topological polar surface area (TPSA) is 107 Å². The number of nitrogens with zero attached hydrogens (tertiary/aromatic N) is 2. The number of non-ortho nitro benzene ring substituents is 1. The molecule has 1 N–H and O–H groups in total. The van der Waals surface area contributed by atoms with Crippen LogP contribution in [-0.4, -0.2) is 15.4 Å². The molecule has 1 heterocycles. The van der Waals surface area contributed by atoms with Gasteiger partial charge in [0.2, 0.25) is 5.91 Å². The van der Waals surface area contributed by atoms with E-state index in [4.69, 9.17) is 4.42 Å². The van der Waals surface area contributed by atoms with Gasteiger partial charge >= 0.3 is 5.76 Å². The molecule has 0 aliphatic carbocycles. The van der Waals surface area contributed by atoms with Crippen LogP contribution in [0.15, 0.2) is 45.6 Å². The van der Waals surface area contributed by atoms with E-state index in [0.717, 1.165) is 14.8 Å². The first-order chi connectivity index (χ1) is 12.8. The van der Waals surface area contributed by atoms with Gasteiger partial charge in [-0.1, -0.05) is 6.07 Å². The van der Waals surface area contributed by atoms with E-state index in [1.807, 2.05) is 25.1 Å². The largest absolute Gasteiger partial charge is 0.419 e. The number of rotatable bonds is 6. The number of oxazole rings is 1. The molecule has 0 saturated carbocycles. The molecule has 2 aromatic carbocycles. The van der Waals surface area contributed by atoms with Gasteiger partial charge in [0.1, 0.15) is 0 Å². The lowest BCUT2D eigenvalue weighted by atomic mass is 10.2. The smallest absolute Gasteiger partial charge is 0.407 e. The van der Waals surface area contributed by atoms with Crippen LogP contribution < -0.4 is 11.1 Å². The van der Waals surface area contributed by atoms with E-state index in [1.165, 1.54) is 22.8 Å². The molecule has 0 radical (unpaired) electrons. The molecule has 0 fully saturated rings. The van der Waals surface area contributed by atoms with Crippen molar-refractivity contribution < 1.29 is 14.1 Å². The first kappa shape index (κ1) is 19.1. The summed E-state index contributed by atoms with van der Waals surface area (Å²) in [6, 6.07) is 9.70. The fourth-order valence-electron chi connectivity index (χ4n) is 2.67. The second-order valence-electron chi connectivity index (χ2n) is 6.04. The molecule has 9 heteroatoms. The molecule has 0 unspecified atom stereocenters. The molecule has 27 heavy (non-hydrogen) atoms. The number of carbonyl (C=O) groups is 1. The molecule has 0 spiro atoms. The average molecular weight is 481 g/mol. The fourth-order valence-corrected chi connectivity index (χ4v) is 3.19. The van der Waals surface area contributed by atoms with Gasteiger partial charge in [0.25, 0.3) is 5.69 Å². The Bertz CT molecular complexity index is 1090. The maximum atomic E-state index is 12.1. The van der Waals surface area contributed by atoms with Gasteiger partial charge in [-0.3, -0.25) is 19.5 Å². The summed E-state index contributed by atoms with van der Waals surface area (Å²) in [6.07, 6.45) is 0.664. The minimum atomic E-state index is -0.598. The Morgan fingerprint density at radius 3 is 2.78 bits per heavy atom. The number of halogens is 1. The number of hydrogen-bond acceptors (Lipinski definition) is 5. The summed E-state index contributed by atoms with van der Waals surface area (Å²) in [5.74, 6) is -0.745. The van der Waals surface area contributed by atoms with Gasteiger partial charge in [-0.25, -0.2) is 4.79 Å². The zero-order chi connectivity index (χ0) is 19.6. The monoisotopic (exact) mass is 481 g/mol. The zero-order valence-corrected chi connectivity index (χ0v) is 16.6. The summed E-state index contributed by atoms with van der Waals surface area (Å²) >= 11 is 2.21. The quantitative estimate of drug-likeness (QED) is 0.327. The molecule has 1 amide bonds. The molecular formula is C18H16IN3O5. The Kier molecular flexibility index (Phi) is 5.59. The van der Waals surface area contributed by atoms with Crippen molar-refractivity contribution in [3.8, 4) is 0 Å². The van der Waals surface area contributed by atoms with E-state index >= 15 is 0 Å². The van der Waals surface area contributed by atoms with Gasteiger partial charge in [-0.05, 0) is 59.7 Å². The summed E-state index contributed by atoms with van der Waals surface area (Å²) in [5, 5.41) is 13.6. The highest BCUT2D eigenvalue weighted by Gasteiger charge is 2.14. The van der Waals surface area contributed by atoms with Gasteiger partial charge in [-0.2, -0.15) is 0 Å². The number of nitro benzene ring substituents is 1. The molecule has 0 aliphatic heterocycles. The molecule has 3 rings (SSSR count). The second kappa shape index (κ2) is 7.91. The number of nitro groups is 1. The van der Waals surface area contributed by atoms with Crippen molar-refractivity contribution in [2.75, 3.05) is 5.32 Å². The van der Waals surface area contributed by atoms with E-state index in [9.17, 15) is 19.7 Å². The molecule has 1 aromatic heterocycles. The van der Waals surface area contributed by atoms with Gasteiger partial charge < -0.3 is 9.73 Å². The van der Waals surface area contributed by atoms with E-state index < -0.39 is 10.7 Å². The third-order valence-electron chi connectivity index (χ3n) is 4.10. The summed E-state index contributed by atoms with van der Waals surface area (Å²) in [4.78, 5) is 34.3. The number of amides is 1. The third-order valence-corrected chi connectivity index (χ3v) is 5.27. The van der Waals surface area contributed by atoms with Crippen LogP contribution in [0.3, 0.4) is 0 Å². The van der Waals surface area contributed by atoms with Gasteiger partial charge in [-0.15, -0.1) is 0 Å². The predicted molar refractivity (Wildman–Crippen MR) is 109 cm³/mol. The van der Waals surface area contributed by atoms with E-state index in [2.05, 4.69) is 27.9 Å². The number of nitrogens with one attached hydrogen (secondary N) is 1. The predicted octanol–water partition coefficient (Wildman–Crippen LogP) is 3.83. The lowest BCUT2D eigenvalue weighted by Crippen LogP contribution is -2.17. The summed E-state index contributed by atoms with van der Waals surface area (Å²) < 4.78 is 7.51. The zero-order valence-electron chi connectivity index (χ0n) is 14.4. The number of benzene rings is 2. The highest BCUT2D eigenvalue weighted by molar-refractivity contribution is 14.1. The normalized spacial score (nSPS) is 10.9. The van der Waals surface area contributed by atoms with Crippen molar-refractivity contribution in [1.29, 1.82) is 0 Å². The van der Waals surface area contributed by atoms with Gasteiger partial charge in [0, 0.05) is 28.3 Å². The summed E-state index contributed by atoms with van der Waals surface area (Å²) in [5.41, 5.74) is 2.36.